The zero-order valence-corrected chi connectivity index (χ0v) is 13.9. The third kappa shape index (κ3) is 3.11. The van der Waals surface area contributed by atoms with Crippen LogP contribution in [0.4, 0.5) is 0 Å². The maximum atomic E-state index is 11.6. The summed E-state index contributed by atoms with van der Waals surface area (Å²) in [5, 5.41) is 30.5. The van der Waals surface area contributed by atoms with Crippen molar-refractivity contribution in [3.8, 4) is 11.5 Å². The van der Waals surface area contributed by atoms with Crippen LogP contribution in [0.15, 0.2) is 29.9 Å². The lowest BCUT2D eigenvalue weighted by atomic mass is 9.73. The smallest absolute Gasteiger partial charge is 0.339 e. The van der Waals surface area contributed by atoms with Crippen LogP contribution in [0, 0.1) is 5.92 Å². The molecule has 0 fully saturated rings. The molecule has 4 heteroatoms. The zero-order valence-electron chi connectivity index (χ0n) is 13.9. The molecule has 2 rings (SSSR count). The molecule has 0 aliphatic heterocycles. The minimum absolute atomic E-state index is 0.0495. The highest BCUT2D eigenvalue weighted by atomic mass is 16.4. The van der Waals surface area contributed by atoms with E-state index in [-0.39, 0.29) is 28.9 Å². The standard InChI is InChI=1S/C19H24O4/c1-5-12-9-15(20)17(18(21)16(12)19(22)23)14-8-11(4)6-7-13(14)10(2)3/h8-9,13-14,20-21H,2,5-7H2,1,3-4H3,(H,22,23)/t13-,14+/m0/s1. The Morgan fingerprint density at radius 1 is 1.39 bits per heavy atom. The molecule has 0 saturated carbocycles. The lowest BCUT2D eigenvalue weighted by Gasteiger charge is -2.31. The summed E-state index contributed by atoms with van der Waals surface area (Å²) in [5.74, 6) is -1.73. The normalized spacial score (nSPS) is 20.9. The van der Waals surface area contributed by atoms with Crippen LogP contribution in [-0.2, 0) is 6.42 Å². The Morgan fingerprint density at radius 3 is 2.57 bits per heavy atom. The van der Waals surface area contributed by atoms with Crippen molar-refractivity contribution in [1.82, 2.24) is 0 Å². The van der Waals surface area contributed by atoms with Gasteiger partial charge in [-0.25, -0.2) is 4.79 Å². The second kappa shape index (κ2) is 6.49. The van der Waals surface area contributed by atoms with E-state index in [2.05, 4.69) is 6.58 Å². The van der Waals surface area contributed by atoms with Crippen LogP contribution in [0.25, 0.3) is 0 Å². The van der Waals surface area contributed by atoms with Gasteiger partial charge in [0.1, 0.15) is 17.1 Å². The summed E-state index contributed by atoms with van der Waals surface area (Å²) in [4.78, 5) is 11.6. The number of aromatic hydroxyl groups is 2. The van der Waals surface area contributed by atoms with Gasteiger partial charge < -0.3 is 15.3 Å². The predicted octanol–water partition coefficient (Wildman–Crippen LogP) is 4.37. The van der Waals surface area contributed by atoms with Crippen LogP contribution in [-0.4, -0.2) is 21.3 Å². The molecule has 23 heavy (non-hydrogen) atoms. The molecule has 3 N–H and O–H groups in total. The zero-order chi connectivity index (χ0) is 17.3. The van der Waals surface area contributed by atoms with E-state index in [0.29, 0.717) is 17.5 Å². The number of allylic oxidation sites excluding steroid dienone is 3. The van der Waals surface area contributed by atoms with Crippen LogP contribution < -0.4 is 0 Å². The van der Waals surface area contributed by atoms with Gasteiger partial charge >= 0.3 is 5.97 Å². The molecule has 0 bridgehead atoms. The van der Waals surface area contributed by atoms with E-state index in [9.17, 15) is 20.1 Å². The van der Waals surface area contributed by atoms with Crippen LogP contribution in [0.5, 0.6) is 11.5 Å². The van der Waals surface area contributed by atoms with E-state index in [4.69, 9.17) is 0 Å². The second-order valence-electron chi connectivity index (χ2n) is 6.38. The highest BCUT2D eigenvalue weighted by Crippen LogP contribution is 2.47. The summed E-state index contributed by atoms with van der Waals surface area (Å²) in [5.41, 5.74) is 2.75. The fourth-order valence-electron chi connectivity index (χ4n) is 3.48. The van der Waals surface area contributed by atoms with E-state index in [1.807, 2.05) is 19.9 Å². The number of phenolic OH excluding ortho intramolecular Hbond substituents is 1. The lowest BCUT2D eigenvalue weighted by molar-refractivity contribution is 0.0692. The van der Waals surface area contributed by atoms with Gasteiger partial charge in [-0.1, -0.05) is 30.7 Å². The fourth-order valence-corrected chi connectivity index (χ4v) is 3.48. The topological polar surface area (TPSA) is 77.8 Å². The summed E-state index contributed by atoms with van der Waals surface area (Å²) in [6.07, 6.45) is 4.24. The minimum Gasteiger partial charge on any atom is -0.507 e. The van der Waals surface area contributed by atoms with Crippen molar-refractivity contribution >= 4 is 5.97 Å². The van der Waals surface area contributed by atoms with E-state index in [0.717, 1.165) is 18.4 Å². The number of rotatable bonds is 4. The van der Waals surface area contributed by atoms with Crippen molar-refractivity contribution in [3.05, 3.63) is 46.6 Å². The minimum atomic E-state index is -1.18. The number of carbonyl (C=O) groups is 1. The first-order chi connectivity index (χ1) is 10.8. The molecule has 2 atom stereocenters. The molecule has 1 aromatic carbocycles. The molecule has 0 amide bonds. The second-order valence-corrected chi connectivity index (χ2v) is 6.38. The first-order valence-corrected chi connectivity index (χ1v) is 7.91. The Hall–Kier alpha value is -2.23. The number of benzene rings is 1. The van der Waals surface area contributed by atoms with Gasteiger partial charge in [-0.05, 0) is 50.7 Å². The lowest BCUT2D eigenvalue weighted by Crippen LogP contribution is -2.18. The van der Waals surface area contributed by atoms with E-state index in [1.165, 1.54) is 11.6 Å². The van der Waals surface area contributed by atoms with E-state index < -0.39 is 5.97 Å². The van der Waals surface area contributed by atoms with Crippen LogP contribution in [0.3, 0.4) is 0 Å². The maximum Gasteiger partial charge on any atom is 0.339 e. The van der Waals surface area contributed by atoms with Gasteiger partial charge in [0, 0.05) is 11.5 Å². The maximum absolute atomic E-state index is 11.6. The third-order valence-corrected chi connectivity index (χ3v) is 4.71. The Morgan fingerprint density at radius 2 is 2.04 bits per heavy atom. The highest BCUT2D eigenvalue weighted by Gasteiger charge is 2.32. The van der Waals surface area contributed by atoms with Gasteiger partial charge in [0.2, 0.25) is 0 Å². The molecule has 1 aliphatic rings. The summed E-state index contributed by atoms with van der Waals surface area (Å²) >= 11 is 0. The number of aromatic carboxylic acids is 1. The molecule has 0 radical (unpaired) electrons. The quantitative estimate of drug-likeness (QED) is 0.721. The van der Waals surface area contributed by atoms with Crippen molar-refractivity contribution in [2.45, 2.75) is 46.0 Å². The molecule has 0 saturated heterocycles. The Kier molecular flexibility index (Phi) is 4.83. The van der Waals surface area contributed by atoms with Gasteiger partial charge in [-0.2, -0.15) is 0 Å². The molecular formula is C19H24O4. The van der Waals surface area contributed by atoms with E-state index >= 15 is 0 Å². The SMILES string of the molecule is C=C(C)[C@@H]1CCC(C)=C[C@H]1c1c(O)cc(CC)c(C(=O)O)c1O. The number of aryl methyl sites for hydroxylation is 1. The summed E-state index contributed by atoms with van der Waals surface area (Å²) in [6.45, 7) is 9.75. The molecular weight excluding hydrogens is 292 g/mol. The van der Waals surface area contributed by atoms with Gasteiger partial charge in [-0.3, -0.25) is 0 Å². The molecule has 0 heterocycles. The van der Waals surface area contributed by atoms with Gasteiger partial charge in [0.25, 0.3) is 0 Å². The number of carboxylic acids is 1. The van der Waals surface area contributed by atoms with Crippen molar-refractivity contribution in [2.75, 3.05) is 0 Å². The Labute approximate surface area is 136 Å². The van der Waals surface area contributed by atoms with Crippen LogP contribution in [0.2, 0.25) is 0 Å². The third-order valence-electron chi connectivity index (χ3n) is 4.71. The van der Waals surface area contributed by atoms with Crippen LogP contribution >= 0.6 is 0 Å². The number of hydrogen-bond donors (Lipinski definition) is 3. The van der Waals surface area contributed by atoms with Gasteiger partial charge in [-0.15, -0.1) is 0 Å². The summed E-state index contributed by atoms with van der Waals surface area (Å²) in [7, 11) is 0. The Balaban J connectivity index is 2.70. The van der Waals surface area contributed by atoms with Crippen LogP contribution in [0.1, 0.15) is 61.0 Å². The number of phenols is 2. The summed E-state index contributed by atoms with van der Waals surface area (Å²) in [6, 6.07) is 1.46. The van der Waals surface area contributed by atoms with Gasteiger partial charge in [0.15, 0.2) is 0 Å². The van der Waals surface area contributed by atoms with Crippen molar-refractivity contribution in [3.63, 3.8) is 0 Å². The van der Waals surface area contributed by atoms with Crippen molar-refractivity contribution in [1.29, 1.82) is 0 Å². The summed E-state index contributed by atoms with van der Waals surface area (Å²) < 4.78 is 0. The molecule has 1 aromatic rings. The molecule has 4 nitrogen and oxygen atoms in total. The molecule has 0 aromatic heterocycles. The fraction of sp³-hybridized carbons (Fsp3) is 0.421. The van der Waals surface area contributed by atoms with Crippen molar-refractivity contribution in [2.24, 2.45) is 5.92 Å². The number of hydrogen-bond acceptors (Lipinski definition) is 3. The molecule has 0 unspecified atom stereocenters. The first-order valence-electron chi connectivity index (χ1n) is 7.91. The molecule has 1 aliphatic carbocycles. The van der Waals surface area contributed by atoms with Gasteiger partial charge in [0.05, 0.1) is 0 Å². The first kappa shape index (κ1) is 17.1. The Bertz CT molecular complexity index is 685. The molecule has 124 valence electrons. The monoisotopic (exact) mass is 316 g/mol. The van der Waals surface area contributed by atoms with E-state index in [1.54, 1.807) is 6.92 Å². The highest BCUT2D eigenvalue weighted by molar-refractivity contribution is 5.94. The largest absolute Gasteiger partial charge is 0.507 e. The van der Waals surface area contributed by atoms with Crippen molar-refractivity contribution < 1.29 is 20.1 Å². The predicted molar refractivity (Wildman–Crippen MR) is 90.1 cm³/mol. The number of carboxylic acid groups (broad SMARTS) is 1. The molecule has 0 spiro atoms. The average molecular weight is 316 g/mol. The average Bonchev–Trinajstić information content (AvgIpc) is 2.45.